The van der Waals surface area contributed by atoms with Gasteiger partial charge in [0.2, 0.25) is 5.91 Å². The zero-order valence-electron chi connectivity index (χ0n) is 37.4. The van der Waals surface area contributed by atoms with Crippen LogP contribution in [0.15, 0.2) is 124 Å². The Morgan fingerprint density at radius 3 is 2.01 bits per heavy atom. The molecule has 0 saturated carbocycles. The molecule has 1 aliphatic heterocycles. The number of nitrogens with two attached hydrogens (primary N) is 2. The van der Waals surface area contributed by atoms with Gasteiger partial charge in [0.1, 0.15) is 17.2 Å². The second-order valence-corrected chi connectivity index (χ2v) is 18.9. The Balaban J connectivity index is 0.709. The monoisotopic (exact) mass is 1040 g/mol. The van der Waals surface area contributed by atoms with Crippen LogP contribution in [0.25, 0.3) is 21.8 Å². The summed E-state index contributed by atoms with van der Waals surface area (Å²) < 4.78 is 16.3. The summed E-state index contributed by atoms with van der Waals surface area (Å²) in [7, 11) is 0. The first-order valence-corrected chi connectivity index (χ1v) is 24.4. The van der Waals surface area contributed by atoms with Crippen molar-refractivity contribution in [2.24, 2.45) is 0 Å². The molecule has 9 N–H and O–H groups in total. The molecule has 7 aromatic rings. The first-order valence-electron chi connectivity index (χ1n) is 22.8. The number of carbonyl (C=O) groups excluding carboxylic acids is 2. The number of hydrogen-bond acceptors (Lipinski definition) is 9. The number of carboxylic acids is 1. The molecule has 0 radical (unpaired) electrons. The van der Waals surface area contributed by atoms with Gasteiger partial charge in [0.05, 0.1) is 24.8 Å². The first-order chi connectivity index (χ1) is 32.9. The Kier molecular flexibility index (Phi) is 15.5. The van der Waals surface area contributed by atoms with E-state index in [0.717, 1.165) is 79.0 Å². The third-order valence-corrected chi connectivity index (χ3v) is 13.1. The number of aromatic nitrogens is 1. The van der Waals surface area contributed by atoms with Gasteiger partial charge in [-0.3, -0.25) is 9.59 Å². The number of aliphatic hydroxyl groups is 1. The predicted octanol–water partition coefficient (Wildman–Crippen LogP) is 10.6. The number of unbranched alkanes of at least 4 members (excludes halogenated alkanes) is 4. The number of carbonyl (C=O) groups is 3. The molecule has 352 valence electrons. The van der Waals surface area contributed by atoms with Crippen LogP contribution in [0.5, 0.6) is 17.2 Å². The number of amides is 2. The van der Waals surface area contributed by atoms with Gasteiger partial charge in [-0.15, -0.1) is 0 Å². The van der Waals surface area contributed by atoms with Gasteiger partial charge < -0.3 is 51.7 Å². The summed E-state index contributed by atoms with van der Waals surface area (Å²) in [4.78, 5) is 38.3. The van der Waals surface area contributed by atoms with Gasteiger partial charge in [-0.25, -0.2) is 4.79 Å². The minimum atomic E-state index is -1.11. The number of hydrogen-bond donors (Lipinski definition) is 7. The van der Waals surface area contributed by atoms with Crippen LogP contribution in [0.3, 0.4) is 0 Å². The fourth-order valence-electron chi connectivity index (χ4n) is 8.77. The molecule has 68 heavy (non-hydrogen) atoms. The van der Waals surface area contributed by atoms with Crippen molar-refractivity contribution in [1.29, 1.82) is 0 Å². The lowest BCUT2D eigenvalue weighted by Gasteiger charge is -2.30. The molecule has 0 fully saturated rings. The van der Waals surface area contributed by atoms with Crippen molar-refractivity contribution in [1.82, 2.24) is 15.2 Å². The van der Waals surface area contributed by atoms with Crippen molar-refractivity contribution in [3.8, 4) is 17.2 Å². The van der Waals surface area contributed by atoms with E-state index in [0.29, 0.717) is 86.0 Å². The number of nitrogens with one attached hydrogen (secondary N) is 3. The number of anilines is 3. The number of fused-ring (bicyclic) bond motifs is 5. The van der Waals surface area contributed by atoms with Crippen molar-refractivity contribution in [3.05, 3.63) is 152 Å². The summed E-state index contributed by atoms with van der Waals surface area (Å²) in [5, 5.41) is 32.8. The molecule has 1 aromatic heterocycles. The molecular weight excluding hydrogens is 992 g/mol. The van der Waals surface area contributed by atoms with Crippen molar-refractivity contribution >= 4 is 88.5 Å². The molecule has 8 rings (SSSR count). The molecule has 0 bridgehead atoms. The summed E-state index contributed by atoms with van der Waals surface area (Å²) in [5.74, 6) is -0.235. The Morgan fingerprint density at radius 2 is 1.35 bits per heavy atom. The van der Waals surface area contributed by atoms with Crippen LogP contribution in [-0.4, -0.2) is 64.9 Å². The number of carboxylic acid groups (broad SMARTS) is 1. The highest BCUT2D eigenvalue weighted by Crippen LogP contribution is 2.49. The number of halogens is 2. The van der Waals surface area contributed by atoms with Crippen LogP contribution in [0.1, 0.15) is 88.3 Å². The van der Waals surface area contributed by atoms with Gasteiger partial charge in [-0.2, -0.15) is 0 Å². The van der Waals surface area contributed by atoms with Gasteiger partial charge in [0.25, 0.3) is 5.91 Å². The third-order valence-electron chi connectivity index (χ3n) is 12.1. The molecule has 15 heteroatoms. The number of rotatable bonds is 21. The highest BCUT2D eigenvalue weighted by Gasteiger charge is 2.32. The van der Waals surface area contributed by atoms with Crippen molar-refractivity contribution in [2.45, 2.75) is 63.5 Å². The average molecular weight is 1050 g/mol. The zero-order chi connectivity index (χ0) is 47.7. The van der Waals surface area contributed by atoms with Crippen LogP contribution < -0.4 is 36.9 Å². The topological polar surface area (TPSA) is 203 Å². The summed E-state index contributed by atoms with van der Waals surface area (Å²) in [6.07, 6.45) is 4.49. The normalized spacial score (nSPS) is 12.5. The van der Waals surface area contributed by atoms with Gasteiger partial charge >= 0.3 is 5.97 Å². The van der Waals surface area contributed by atoms with Crippen LogP contribution in [-0.2, 0) is 11.3 Å². The number of ether oxygens (including phenoxy) is 2. The second-order valence-electron chi connectivity index (χ2n) is 17.1. The highest BCUT2D eigenvalue weighted by molar-refractivity contribution is 9.10. The van der Waals surface area contributed by atoms with Crippen LogP contribution in [0, 0.1) is 0 Å². The minimum Gasteiger partial charge on any atom is -0.494 e. The number of aliphatic hydroxyl groups excluding tert-OH is 1. The molecule has 1 unspecified atom stereocenters. The lowest BCUT2D eigenvalue weighted by Crippen LogP contribution is -2.26. The number of nitrogens with zero attached hydrogens (tertiary/aromatic N) is 1. The molecule has 0 aliphatic carbocycles. The SMILES string of the molecule is Nc1ccc2c(c1)Oc1cc(N)ccc1C2c1cc(C(=O)NCCCCCC(=O)NCCCCCOc2cccc(NCC(O)Cn3c4ccc(Br)cc4c4cc(Br)ccc43)c2)ccc1C(=O)O. The lowest BCUT2D eigenvalue weighted by molar-refractivity contribution is -0.121. The van der Waals surface area contributed by atoms with E-state index in [2.05, 4.69) is 76.6 Å². The van der Waals surface area contributed by atoms with E-state index in [1.807, 2.05) is 48.5 Å². The summed E-state index contributed by atoms with van der Waals surface area (Å²) in [6, 6.07) is 35.3. The largest absolute Gasteiger partial charge is 0.494 e. The van der Waals surface area contributed by atoms with Crippen molar-refractivity contribution < 1.29 is 34.1 Å². The maximum atomic E-state index is 13.3. The Labute approximate surface area is 411 Å². The average Bonchev–Trinajstić information content (AvgIpc) is 3.61. The van der Waals surface area contributed by atoms with E-state index in [1.54, 1.807) is 30.3 Å². The first kappa shape index (κ1) is 47.9. The van der Waals surface area contributed by atoms with Crippen molar-refractivity contribution in [2.75, 3.05) is 43.0 Å². The van der Waals surface area contributed by atoms with E-state index < -0.39 is 18.0 Å². The van der Waals surface area contributed by atoms with E-state index in [4.69, 9.17) is 20.9 Å². The van der Waals surface area contributed by atoms with E-state index in [9.17, 15) is 24.6 Å². The number of aromatic carboxylic acids is 1. The molecule has 6 aromatic carbocycles. The summed E-state index contributed by atoms with van der Waals surface area (Å²) >= 11 is 7.20. The predicted molar refractivity (Wildman–Crippen MR) is 275 cm³/mol. The summed E-state index contributed by atoms with van der Waals surface area (Å²) in [6.45, 7) is 2.36. The third kappa shape index (κ3) is 11.6. The van der Waals surface area contributed by atoms with E-state index >= 15 is 0 Å². The molecule has 2 heterocycles. The second kappa shape index (κ2) is 22.0. The highest BCUT2D eigenvalue weighted by atomic mass is 79.9. The maximum absolute atomic E-state index is 13.3. The van der Waals surface area contributed by atoms with Gasteiger partial charge in [-0.1, -0.05) is 56.5 Å². The lowest BCUT2D eigenvalue weighted by atomic mass is 9.80. The summed E-state index contributed by atoms with van der Waals surface area (Å²) in [5.41, 5.74) is 18.4. The molecule has 1 aliphatic rings. The molecule has 13 nitrogen and oxygen atoms in total. The molecular formula is C53H54Br2N6O7. The Bertz CT molecular complexity index is 2870. The fourth-order valence-corrected chi connectivity index (χ4v) is 9.49. The van der Waals surface area contributed by atoms with Gasteiger partial charge in [-0.05, 0) is 117 Å². The smallest absolute Gasteiger partial charge is 0.335 e. The standard InChI is InChI=1S/C53H54Br2N6O7/c54-33-12-19-46-43(25-33)44-26-34(55)13-20-47(44)61(46)31-38(62)30-60-37-8-7-9-39(29-37)67-23-6-2-5-21-58-50(63)10-3-1-4-22-59-52(64)32-11-16-40(53(65)66)45(24-32)51-41-17-14-35(56)27-48(41)68-49-28-36(57)15-18-42(49)51/h7-9,11-20,24-29,38,51,60,62H,1-6,10,21-23,30-31,56-57H2,(H,58,63)(H,59,64)(H,65,66). The Morgan fingerprint density at radius 1 is 0.706 bits per heavy atom. The Hall–Kier alpha value is -6.55. The van der Waals surface area contributed by atoms with Crippen molar-refractivity contribution in [3.63, 3.8) is 0 Å². The molecule has 1 atom stereocenters. The maximum Gasteiger partial charge on any atom is 0.335 e. The minimum absolute atomic E-state index is 0.00366. The molecule has 0 spiro atoms. The van der Waals surface area contributed by atoms with Gasteiger partial charge in [0.15, 0.2) is 0 Å². The zero-order valence-corrected chi connectivity index (χ0v) is 40.6. The van der Waals surface area contributed by atoms with Crippen LogP contribution >= 0.6 is 31.9 Å². The number of nitrogen functional groups attached to an aromatic ring is 2. The van der Waals surface area contributed by atoms with Gasteiger partial charge in [0, 0.05) is 115 Å². The van der Waals surface area contributed by atoms with E-state index in [1.165, 1.54) is 12.1 Å². The van der Waals surface area contributed by atoms with E-state index in [-0.39, 0.29) is 17.4 Å². The van der Waals surface area contributed by atoms with Crippen LogP contribution in [0.2, 0.25) is 0 Å². The molecule has 2 amide bonds. The van der Waals surface area contributed by atoms with Crippen LogP contribution in [0.4, 0.5) is 17.1 Å². The number of benzene rings is 6. The fraction of sp³-hybridized carbons (Fsp3) is 0.264. The quantitative estimate of drug-likeness (QED) is 0.0268. The molecule has 0 saturated heterocycles.